The lowest BCUT2D eigenvalue weighted by Crippen LogP contribution is -2.37. The van der Waals surface area contributed by atoms with Gasteiger partial charge >= 0.3 is 6.09 Å². The number of nitrogens with zero attached hydrogens (tertiary/aromatic N) is 3. The maximum Gasteiger partial charge on any atom is 0.407 e. The quantitative estimate of drug-likeness (QED) is 0.744. The van der Waals surface area contributed by atoms with Crippen molar-refractivity contribution in [2.24, 2.45) is 0 Å². The fourth-order valence-corrected chi connectivity index (χ4v) is 3.14. The zero-order chi connectivity index (χ0) is 20.5. The van der Waals surface area contributed by atoms with E-state index in [0.717, 1.165) is 30.2 Å². The predicted octanol–water partition coefficient (Wildman–Crippen LogP) is 2.32. The van der Waals surface area contributed by atoms with Crippen LogP contribution in [-0.4, -0.2) is 41.6 Å². The Kier molecular flexibility index (Phi) is 7.38. The monoisotopic (exact) mass is 397 g/mol. The van der Waals surface area contributed by atoms with Gasteiger partial charge in [-0.05, 0) is 31.7 Å². The molecule has 2 aromatic rings. The van der Waals surface area contributed by atoms with Crippen molar-refractivity contribution in [3.05, 3.63) is 53.5 Å². The van der Waals surface area contributed by atoms with Crippen LogP contribution in [0.2, 0.25) is 0 Å². The van der Waals surface area contributed by atoms with E-state index in [4.69, 9.17) is 4.74 Å². The van der Waals surface area contributed by atoms with Crippen LogP contribution in [0.25, 0.3) is 0 Å². The number of hydrogen-bond donors (Lipinski definition) is 2. The van der Waals surface area contributed by atoms with Crippen molar-refractivity contribution in [3.8, 4) is 0 Å². The lowest BCUT2D eigenvalue weighted by Gasteiger charge is -2.28. The molecule has 2 N–H and O–H groups in total. The van der Waals surface area contributed by atoms with E-state index >= 15 is 0 Å². The number of rotatable bonds is 7. The van der Waals surface area contributed by atoms with Crippen LogP contribution >= 0.6 is 0 Å². The summed E-state index contributed by atoms with van der Waals surface area (Å²) in [7, 11) is 0. The standard InChI is InChI=1S/C21H27N5O3/c1-16-12-19(26-10-6-3-7-11-26)25-18(24-16)13-22-20(27)14-23-21(28)29-15-17-8-4-2-5-9-17/h2,4-5,8-9,12H,3,6-7,10-11,13-15H2,1H3,(H,22,27)(H,23,28). The topological polar surface area (TPSA) is 96.5 Å². The first-order chi connectivity index (χ1) is 14.1. The van der Waals surface area contributed by atoms with Gasteiger partial charge in [-0.2, -0.15) is 0 Å². The molecule has 1 aliphatic rings. The zero-order valence-electron chi connectivity index (χ0n) is 16.7. The Bertz CT molecular complexity index is 822. The van der Waals surface area contributed by atoms with Crippen molar-refractivity contribution in [1.29, 1.82) is 0 Å². The van der Waals surface area contributed by atoms with Crippen molar-refractivity contribution < 1.29 is 14.3 Å². The molecule has 0 atom stereocenters. The van der Waals surface area contributed by atoms with Crippen LogP contribution in [0.4, 0.5) is 10.6 Å². The van der Waals surface area contributed by atoms with Gasteiger partial charge in [0.2, 0.25) is 5.91 Å². The van der Waals surface area contributed by atoms with E-state index in [1.807, 2.05) is 43.3 Å². The van der Waals surface area contributed by atoms with Crippen LogP contribution in [0.1, 0.15) is 36.3 Å². The summed E-state index contributed by atoms with van der Waals surface area (Å²) in [6, 6.07) is 11.3. The number of ether oxygens (including phenoxy) is 1. The van der Waals surface area contributed by atoms with Gasteiger partial charge in [-0.15, -0.1) is 0 Å². The van der Waals surface area contributed by atoms with Gasteiger partial charge in [-0.25, -0.2) is 14.8 Å². The van der Waals surface area contributed by atoms with Crippen LogP contribution in [0.5, 0.6) is 0 Å². The Balaban J connectivity index is 1.42. The Morgan fingerprint density at radius 2 is 1.83 bits per heavy atom. The van der Waals surface area contributed by atoms with Crippen LogP contribution < -0.4 is 15.5 Å². The fraction of sp³-hybridized carbons (Fsp3) is 0.429. The predicted molar refractivity (Wildman–Crippen MR) is 109 cm³/mol. The Labute approximate surface area is 170 Å². The molecule has 3 rings (SSSR count). The van der Waals surface area contributed by atoms with Crippen molar-refractivity contribution in [1.82, 2.24) is 20.6 Å². The second-order valence-corrected chi connectivity index (χ2v) is 7.02. The van der Waals surface area contributed by atoms with Crippen molar-refractivity contribution >= 4 is 17.8 Å². The summed E-state index contributed by atoms with van der Waals surface area (Å²) in [5.41, 5.74) is 1.75. The molecule has 0 radical (unpaired) electrons. The van der Waals surface area contributed by atoms with Gasteiger partial charge in [0.25, 0.3) is 0 Å². The first-order valence-electron chi connectivity index (χ1n) is 9.91. The smallest absolute Gasteiger partial charge is 0.407 e. The van der Waals surface area contributed by atoms with Crippen molar-refractivity contribution in [2.45, 2.75) is 39.3 Å². The Morgan fingerprint density at radius 3 is 2.59 bits per heavy atom. The number of hydrogen-bond acceptors (Lipinski definition) is 6. The van der Waals surface area contributed by atoms with E-state index in [2.05, 4.69) is 25.5 Å². The maximum absolute atomic E-state index is 12.0. The number of carbonyl (C=O) groups is 2. The lowest BCUT2D eigenvalue weighted by atomic mass is 10.1. The third-order valence-electron chi connectivity index (χ3n) is 4.62. The number of aromatic nitrogens is 2. The second-order valence-electron chi connectivity index (χ2n) is 7.02. The van der Waals surface area contributed by atoms with Gasteiger partial charge in [-0.3, -0.25) is 4.79 Å². The lowest BCUT2D eigenvalue weighted by molar-refractivity contribution is -0.120. The highest BCUT2D eigenvalue weighted by molar-refractivity contribution is 5.82. The number of nitrogens with one attached hydrogen (secondary N) is 2. The number of anilines is 1. The van der Waals surface area contributed by atoms with Gasteiger partial charge in [0.15, 0.2) is 0 Å². The summed E-state index contributed by atoms with van der Waals surface area (Å²) in [6.45, 7) is 4.12. The molecule has 1 fully saturated rings. The minimum atomic E-state index is -0.636. The highest BCUT2D eigenvalue weighted by atomic mass is 16.5. The molecule has 2 amide bonds. The molecule has 2 heterocycles. The molecular formula is C21H27N5O3. The summed E-state index contributed by atoms with van der Waals surface area (Å²) >= 11 is 0. The normalized spacial score (nSPS) is 13.6. The number of carbonyl (C=O) groups excluding carboxylic acids is 2. The minimum absolute atomic E-state index is 0.157. The summed E-state index contributed by atoms with van der Waals surface area (Å²) in [5.74, 6) is 1.14. The molecule has 1 aromatic carbocycles. The molecular weight excluding hydrogens is 370 g/mol. The highest BCUT2D eigenvalue weighted by Gasteiger charge is 2.14. The number of amides is 2. The molecule has 0 bridgehead atoms. The highest BCUT2D eigenvalue weighted by Crippen LogP contribution is 2.18. The number of alkyl carbamates (subject to hydrolysis) is 1. The largest absolute Gasteiger partial charge is 0.445 e. The van der Waals surface area contributed by atoms with E-state index in [0.29, 0.717) is 5.82 Å². The van der Waals surface area contributed by atoms with Crippen LogP contribution in [0.3, 0.4) is 0 Å². The summed E-state index contributed by atoms with van der Waals surface area (Å²) in [6.07, 6.45) is 2.95. The summed E-state index contributed by atoms with van der Waals surface area (Å²) in [5, 5.41) is 5.17. The minimum Gasteiger partial charge on any atom is -0.445 e. The van der Waals surface area contributed by atoms with Gasteiger partial charge in [0.1, 0.15) is 24.8 Å². The van der Waals surface area contributed by atoms with Crippen LogP contribution in [0.15, 0.2) is 36.4 Å². The molecule has 1 aromatic heterocycles. The molecule has 0 unspecified atom stereocenters. The Hall–Kier alpha value is -3.16. The molecule has 0 spiro atoms. The first kappa shape index (κ1) is 20.6. The van der Waals surface area contributed by atoms with Gasteiger partial charge in [-0.1, -0.05) is 30.3 Å². The van der Waals surface area contributed by atoms with E-state index < -0.39 is 6.09 Å². The molecule has 29 heavy (non-hydrogen) atoms. The number of benzene rings is 1. The average Bonchev–Trinajstić information content (AvgIpc) is 2.76. The summed E-state index contributed by atoms with van der Waals surface area (Å²) in [4.78, 5) is 35.0. The summed E-state index contributed by atoms with van der Waals surface area (Å²) < 4.78 is 5.08. The molecule has 1 saturated heterocycles. The van der Waals surface area contributed by atoms with Gasteiger partial charge in [0.05, 0.1) is 6.54 Å². The average molecular weight is 397 g/mol. The van der Waals surface area contributed by atoms with E-state index in [1.165, 1.54) is 19.3 Å². The van der Waals surface area contributed by atoms with Crippen LogP contribution in [-0.2, 0) is 22.7 Å². The molecule has 8 nitrogen and oxygen atoms in total. The van der Waals surface area contributed by atoms with Crippen molar-refractivity contribution in [2.75, 3.05) is 24.5 Å². The maximum atomic E-state index is 12.0. The third-order valence-corrected chi connectivity index (χ3v) is 4.62. The van der Waals surface area contributed by atoms with Crippen LogP contribution in [0, 0.1) is 6.92 Å². The number of piperidine rings is 1. The Morgan fingerprint density at radius 1 is 1.07 bits per heavy atom. The molecule has 1 aliphatic heterocycles. The van der Waals surface area contributed by atoms with E-state index in [1.54, 1.807) is 0 Å². The van der Waals surface area contributed by atoms with E-state index in [-0.39, 0.29) is 25.6 Å². The molecule has 0 saturated carbocycles. The first-order valence-corrected chi connectivity index (χ1v) is 9.91. The fourth-order valence-electron chi connectivity index (χ4n) is 3.14. The van der Waals surface area contributed by atoms with Crippen molar-refractivity contribution in [3.63, 3.8) is 0 Å². The van der Waals surface area contributed by atoms with Gasteiger partial charge in [0, 0.05) is 24.8 Å². The molecule has 154 valence electrons. The second kappa shape index (κ2) is 10.4. The zero-order valence-corrected chi connectivity index (χ0v) is 16.7. The van der Waals surface area contributed by atoms with E-state index in [9.17, 15) is 9.59 Å². The molecule has 8 heteroatoms. The molecule has 0 aliphatic carbocycles. The third kappa shape index (κ3) is 6.74. The SMILES string of the molecule is Cc1cc(N2CCCCC2)nc(CNC(=O)CNC(=O)OCc2ccccc2)n1. The van der Waals surface area contributed by atoms with Gasteiger partial charge < -0.3 is 20.3 Å². The number of aryl methyl sites for hydroxylation is 1.